The molecule has 0 saturated heterocycles. The number of carbonyl (C=O) groups is 2. The Balaban J connectivity index is 1.21. The molecule has 0 aliphatic rings. The average Bonchev–Trinajstić information content (AvgIpc) is 3.36. The van der Waals surface area contributed by atoms with Gasteiger partial charge >= 0.3 is 4.87 Å². The van der Waals surface area contributed by atoms with Gasteiger partial charge in [0, 0.05) is 30.8 Å². The third kappa shape index (κ3) is 6.28. The number of thioether (sulfide) groups is 1. The van der Waals surface area contributed by atoms with Crippen LogP contribution in [-0.2, 0) is 16.1 Å². The van der Waals surface area contributed by atoms with Crippen molar-refractivity contribution in [1.29, 1.82) is 0 Å². The van der Waals surface area contributed by atoms with Gasteiger partial charge in [-0.05, 0) is 31.2 Å². The summed E-state index contributed by atoms with van der Waals surface area (Å²) in [5.74, 6) is 0.247. The highest BCUT2D eigenvalue weighted by Crippen LogP contribution is 2.26. The second kappa shape index (κ2) is 10.7. The van der Waals surface area contributed by atoms with E-state index in [0.29, 0.717) is 28.2 Å². The highest BCUT2D eigenvalue weighted by molar-refractivity contribution is 8.01. The molecule has 0 radical (unpaired) electrons. The molecule has 0 atom stereocenters. The van der Waals surface area contributed by atoms with Crippen LogP contribution < -0.4 is 15.5 Å². The molecule has 0 aliphatic heterocycles. The van der Waals surface area contributed by atoms with Crippen molar-refractivity contribution in [3.05, 3.63) is 63.8 Å². The molecule has 2 aromatic carbocycles. The largest absolute Gasteiger partial charge is 0.326 e. The smallest absolute Gasteiger partial charge is 0.308 e. The fourth-order valence-electron chi connectivity index (χ4n) is 3.03. The molecule has 0 spiro atoms. The van der Waals surface area contributed by atoms with Crippen LogP contribution in [0.4, 0.5) is 10.8 Å². The third-order valence-corrected chi connectivity index (χ3v) is 7.61. The molecule has 0 saturated carbocycles. The van der Waals surface area contributed by atoms with E-state index in [2.05, 4.69) is 20.8 Å². The molecule has 8 nitrogen and oxygen atoms in total. The van der Waals surface area contributed by atoms with Crippen molar-refractivity contribution in [3.63, 3.8) is 0 Å². The van der Waals surface area contributed by atoms with E-state index < -0.39 is 0 Å². The zero-order chi connectivity index (χ0) is 23.2. The Kier molecular flexibility index (Phi) is 7.53. The molecule has 0 aliphatic carbocycles. The van der Waals surface area contributed by atoms with Crippen LogP contribution in [0.1, 0.15) is 18.4 Å². The molecule has 2 heterocycles. The van der Waals surface area contributed by atoms with Crippen molar-refractivity contribution in [3.8, 4) is 0 Å². The van der Waals surface area contributed by atoms with Gasteiger partial charge in [0.05, 0.1) is 10.2 Å². The van der Waals surface area contributed by atoms with E-state index in [4.69, 9.17) is 0 Å². The van der Waals surface area contributed by atoms with E-state index in [1.165, 1.54) is 34.4 Å². The number of aryl methyl sites for hydroxylation is 2. The summed E-state index contributed by atoms with van der Waals surface area (Å²) in [5.41, 5.74) is 2.74. The first-order valence-electron chi connectivity index (χ1n) is 10.2. The lowest BCUT2D eigenvalue weighted by molar-refractivity contribution is -0.117. The number of aromatic nitrogens is 3. The van der Waals surface area contributed by atoms with Crippen molar-refractivity contribution in [2.45, 2.75) is 30.6 Å². The Morgan fingerprint density at radius 1 is 0.970 bits per heavy atom. The molecule has 2 aromatic heterocycles. The van der Waals surface area contributed by atoms with E-state index in [1.807, 2.05) is 55.5 Å². The van der Waals surface area contributed by atoms with Crippen molar-refractivity contribution in [2.75, 3.05) is 16.4 Å². The number of nitrogens with zero attached hydrogens (tertiary/aromatic N) is 3. The quantitative estimate of drug-likeness (QED) is 0.262. The molecular weight excluding hydrogens is 478 g/mol. The van der Waals surface area contributed by atoms with Gasteiger partial charge in [-0.2, -0.15) is 0 Å². The zero-order valence-electron chi connectivity index (χ0n) is 17.7. The van der Waals surface area contributed by atoms with Gasteiger partial charge < -0.3 is 10.6 Å². The summed E-state index contributed by atoms with van der Waals surface area (Å²) < 4.78 is 3.19. The van der Waals surface area contributed by atoms with Gasteiger partial charge in [0.2, 0.25) is 16.9 Å². The molecule has 170 valence electrons. The maximum atomic E-state index is 12.3. The number of hydrogen-bond donors (Lipinski definition) is 2. The first-order valence-corrected chi connectivity index (χ1v) is 12.8. The molecular formula is C22H21N5O3S3. The summed E-state index contributed by atoms with van der Waals surface area (Å²) in [6.45, 7) is 2.29. The summed E-state index contributed by atoms with van der Waals surface area (Å²) in [6, 6.07) is 15.2. The number of thiazole rings is 1. The minimum atomic E-state index is -0.234. The molecule has 2 N–H and O–H groups in total. The Morgan fingerprint density at radius 2 is 1.73 bits per heavy atom. The number of nitrogens with one attached hydrogen (secondary N) is 2. The molecule has 11 heteroatoms. The maximum absolute atomic E-state index is 12.3. The number of hydrogen-bond acceptors (Lipinski definition) is 8. The van der Waals surface area contributed by atoms with Crippen LogP contribution in [0, 0.1) is 6.92 Å². The fraction of sp³-hybridized carbons (Fsp3) is 0.227. The summed E-state index contributed by atoms with van der Waals surface area (Å²) in [4.78, 5) is 36.5. The van der Waals surface area contributed by atoms with E-state index in [-0.39, 0.29) is 23.1 Å². The molecule has 33 heavy (non-hydrogen) atoms. The van der Waals surface area contributed by atoms with Gasteiger partial charge in [-0.3, -0.25) is 19.0 Å². The minimum Gasteiger partial charge on any atom is -0.326 e. The van der Waals surface area contributed by atoms with Crippen LogP contribution in [0.3, 0.4) is 0 Å². The summed E-state index contributed by atoms with van der Waals surface area (Å²) in [6.07, 6.45) is 0.491. The van der Waals surface area contributed by atoms with Crippen molar-refractivity contribution < 1.29 is 9.59 Å². The lowest BCUT2D eigenvalue weighted by Gasteiger charge is -2.04. The number of para-hydroxylation sites is 1. The summed E-state index contributed by atoms with van der Waals surface area (Å²) >= 11 is 3.84. The van der Waals surface area contributed by atoms with E-state index in [0.717, 1.165) is 21.5 Å². The van der Waals surface area contributed by atoms with E-state index in [9.17, 15) is 14.4 Å². The highest BCUT2D eigenvalue weighted by Gasteiger charge is 2.12. The fourth-order valence-corrected chi connectivity index (χ4v) is 5.72. The Morgan fingerprint density at radius 3 is 2.55 bits per heavy atom. The number of anilines is 2. The SMILES string of the molecule is Cc1ccc(NC(=O)CCSc2nnc(NC(=O)CCn3c(=O)sc4ccccc43)s2)cc1. The molecule has 4 rings (SSSR count). The minimum absolute atomic E-state index is 0.0689. The average molecular weight is 500 g/mol. The van der Waals surface area contributed by atoms with Crippen molar-refractivity contribution >= 4 is 67.3 Å². The molecule has 2 amide bonds. The normalized spacial score (nSPS) is 10.9. The van der Waals surface area contributed by atoms with Crippen LogP contribution in [0.25, 0.3) is 10.2 Å². The van der Waals surface area contributed by atoms with Gasteiger partial charge in [0.1, 0.15) is 0 Å². The Labute approximate surface area is 202 Å². The topological polar surface area (TPSA) is 106 Å². The van der Waals surface area contributed by atoms with E-state index in [1.54, 1.807) is 4.57 Å². The second-order valence-corrected chi connectivity index (χ2v) is 10.5. The van der Waals surface area contributed by atoms with Gasteiger partial charge in [0.25, 0.3) is 0 Å². The summed E-state index contributed by atoms with van der Waals surface area (Å²) in [7, 11) is 0. The number of amides is 2. The van der Waals surface area contributed by atoms with Gasteiger partial charge in [-0.25, -0.2) is 0 Å². The van der Waals surface area contributed by atoms with Crippen LogP contribution in [0.2, 0.25) is 0 Å². The number of fused-ring (bicyclic) bond motifs is 1. The van der Waals surface area contributed by atoms with Crippen molar-refractivity contribution in [2.24, 2.45) is 0 Å². The molecule has 0 bridgehead atoms. The highest BCUT2D eigenvalue weighted by atomic mass is 32.2. The predicted octanol–water partition coefficient (Wildman–Crippen LogP) is 4.37. The van der Waals surface area contributed by atoms with Gasteiger partial charge in [-0.15, -0.1) is 10.2 Å². The summed E-state index contributed by atoms with van der Waals surface area (Å²) in [5, 5.41) is 14.0. The monoisotopic (exact) mass is 499 g/mol. The predicted molar refractivity (Wildman–Crippen MR) is 134 cm³/mol. The van der Waals surface area contributed by atoms with Crippen LogP contribution in [-0.4, -0.2) is 32.3 Å². The first-order chi connectivity index (χ1) is 16.0. The maximum Gasteiger partial charge on any atom is 0.308 e. The van der Waals surface area contributed by atoms with E-state index >= 15 is 0 Å². The lowest BCUT2D eigenvalue weighted by atomic mass is 10.2. The van der Waals surface area contributed by atoms with Gasteiger partial charge in [-0.1, -0.05) is 64.3 Å². The zero-order valence-corrected chi connectivity index (χ0v) is 20.2. The number of benzene rings is 2. The lowest BCUT2D eigenvalue weighted by Crippen LogP contribution is -2.19. The van der Waals surface area contributed by atoms with Gasteiger partial charge in [0.15, 0.2) is 4.34 Å². The second-order valence-electron chi connectivity index (χ2n) is 7.17. The third-order valence-electron chi connectivity index (χ3n) is 4.68. The standard InChI is InChI=1S/C22H21N5O3S3/c1-14-6-8-15(9-7-14)23-19(29)11-13-31-21-26-25-20(33-21)24-18(28)10-12-27-16-4-2-3-5-17(16)32-22(27)30/h2-9H,10-13H2,1H3,(H,23,29)(H,24,25,28). The van der Waals surface area contributed by atoms with Crippen LogP contribution in [0.15, 0.2) is 57.7 Å². The van der Waals surface area contributed by atoms with Crippen LogP contribution in [0.5, 0.6) is 0 Å². The number of carbonyl (C=O) groups excluding carboxylic acids is 2. The molecule has 0 fully saturated rings. The Bertz CT molecular complexity index is 1330. The Hall–Kier alpha value is -3.02. The van der Waals surface area contributed by atoms with Crippen LogP contribution >= 0.6 is 34.4 Å². The number of rotatable bonds is 9. The first kappa shape index (κ1) is 23.1. The molecule has 0 unspecified atom stereocenters. The van der Waals surface area contributed by atoms with Crippen molar-refractivity contribution in [1.82, 2.24) is 14.8 Å². The molecule has 4 aromatic rings.